The van der Waals surface area contributed by atoms with Crippen LogP contribution in [0.2, 0.25) is 0 Å². The molecule has 0 saturated carbocycles. The molecule has 2 aromatic carbocycles. The summed E-state index contributed by atoms with van der Waals surface area (Å²) in [4.78, 5) is 14.6. The molecule has 6 heteroatoms. The fourth-order valence-corrected chi connectivity index (χ4v) is 3.84. The van der Waals surface area contributed by atoms with E-state index in [-0.39, 0.29) is 15.9 Å². The SMILES string of the molecule is O=C(Nc1ccccc1Sc1ccccc1)C1NNCC1I. The summed E-state index contributed by atoms with van der Waals surface area (Å²) in [6.07, 6.45) is 0. The molecule has 2 atom stereocenters. The minimum Gasteiger partial charge on any atom is -0.324 e. The summed E-state index contributed by atoms with van der Waals surface area (Å²) >= 11 is 3.94. The zero-order chi connectivity index (χ0) is 15.4. The number of nitrogens with one attached hydrogen (secondary N) is 3. The standard InChI is InChI=1S/C16H16IN3OS/c17-12-10-18-20-15(12)16(21)19-13-8-4-5-9-14(13)22-11-6-2-1-3-7-11/h1-9,12,15,18,20H,10H2,(H,19,21). The smallest absolute Gasteiger partial charge is 0.244 e. The third-order valence-corrected chi connectivity index (χ3v) is 5.56. The third kappa shape index (κ3) is 3.81. The van der Waals surface area contributed by atoms with Crippen molar-refractivity contribution >= 4 is 45.9 Å². The van der Waals surface area contributed by atoms with E-state index < -0.39 is 0 Å². The summed E-state index contributed by atoms with van der Waals surface area (Å²) in [6, 6.07) is 17.8. The van der Waals surface area contributed by atoms with Crippen molar-refractivity contribution in [2.75, 3.05) is 11.9 Å². The van der Waals surface area contributed by atoms with Gasteiger partial charge in [0.1, 0.15) is 6.04 Å². The van der Waals surface area contributed by atoms with Crippen molar-refractivity contribution < 1.29 is 4.79 Å². The summed E-state index contributed by atoms with van der Waals surface area (Å²) in [7, 11) is 0. The molecule has 0 bridgehead atoms. The molecule has 0 radical (unpaired) electrons. The second-order valence-electron chi connectivity index (χ2n) is 4.92. The molecule has 3 rings (SSSR count). The number of anilines is 1. The van der Waals surface area contributed by atoms with Gasteiger partial charge < -0.3 is 5.32 Å². The Kier molecular flexibility index (Phi) is 5.35. The van der Waals surface area contributed by atoms with E-state index in [2.05, 4.69) is 50.9 Å². The number of alkyl halides is 1. The zero-order valence-corrected chi connectivity index (χ0v) is 14.7. The van der Waals surface area contributed by atoms with E-state index in [4.69, 9.17) is 0 Å². The van der Waals surface area contributed by atoms with E-state index in [1.165, 1.54) is 0 Å². The molecule has 2 unspecified atom stereocenters. The Morgan fingerprint density at radius 2 is 1.86 bits per heavy atom. The van der Waals surface area contributed by atoms with Gasteiger partial charge in [0, 0.05) is 16.3 Å². The van der Waals surface area contributed by atoms with Crippen molar-refractivity contribution in [1.82, 2.24) is 10.9 Å². The van der Waals surface area contributed by atoms with E-state index in [9.17, 15) is 4.79 Å². The average Bonchev–Trinajstić information content (AvgIpc) is 2.96. The molecule has 2 aromatic rings. The number of rotatable bonds is 4. The molecule has 1 aliphatic heterocycles. The van der Waals surface area contributed by atoms with Crippen LogP contribution >= 0.6 is 34.4 Å². The second-order valence-corrected chi connectivity index (χ2v) is 7.63. The first-order chi connectivity index (χ1) is 10.7. The van der Waals surface area contributed by atoms with Crippen molar-refractivity contribution in [2.24, 2.45) is 0 Å². The van der Waals surface area contributed by atoms with Gasteiger partial charge in [-0.25, -0.2) is 5.43 Å². The number of para-hydroxylation sites is 1. The Labute approximate surface area is 147 Å². The van der Waals surface area contributed by atoms with Crippen molar-refractivity contribution in [3.8, 4) is 0 Å². The first-order valence-electron chi connectivity index (χ1n) is 6.99. The normalized spacial score (nSPS) is 20.8. The maximum atomic E-state index is 12.4. The van der Waals surface area contributed by atoms with Gasteiger partial charge in [0.25, 0.3) is 0 Å². The van der Waals surface area contributed by atoms with Crippen LogP contribution in [0.3, 0.4) is 0 Å². The Bertz CT molecular complexity index is 653. The molecule has 0 aromatic heterocycles. The molecule has 3 N–H and O–H groups in total. The fourth-order valence-electron chi connectivity index (χ4n) is 2.19. The van der Waals surface area contributed by atoms with Crippen LogP contribution < -0.4 is 16.2 Å². The molecule has 0 spiro atoms. The van der Waals surface area contributed by atoms with Gasteiger partial charge in [-0.05, 0) is 24.3 Å². The Hall–Kier alpha value is -1.09. The van der Waals surface area contributed by atoms with Crippen molar-refractivity contribution in [2.45, 2.75) is 19.8 Å². The van der Waals surface area contributed by atoms with Gasteiger partial charge in [-0.3, -0.25) is 10.2 Å². The molecule has 1 fully saturated rings. The molecule has 1 aliphatic rings. The molecule has 1 amide bonds. The molecule has 22 heavy (non-hydrogen) atoms. The number of hydrogen-bond acceptors (Lipinski definition) is 4. The minimum absolute atomic E-state index is 0.00879. The Morgan fingerprint density at radius 1 is 1.14 bits per heavy atom. The highest BCUT2D eigenvalue weighted by Crippen LogP contribution is 2.33. The van der Waals surface area contributed by atoms with Gasteiger partial charge >= 0.3 is 0 Å². The minimum atomic E-state index is -0.213. The van der Waals surface area contributed by atoms with Crippen molar-refractivity contribution in [3.05, 3.63) is 54.6 Å². The van der Waals surface area contributed by atoms with Crippen LogP contribution in [-0.2, 0) is 4.79 Å². The topological polar surface area (TPSA) is 53.2 Å². The van der Waals surface area contributed by atoms with E-state index in [1.54, 1.807) is 11.8 Å². The lowest BCUT2D eigenvalue weighted by molar-refractivity contribution is -0.117. The van der Waals surface area contributed by atoms with E-state index >= 15 is 0 Å². The lowest BCUT2D eigenvalue weighted by atomic mass is 10.2. The van der Waals surface area contributed by atoms with Crippen LogP contribution in [-0.4, -0.2) is 22.4 Å². The first kappa shape index (κ1) is 15.8. The summed E-state index contributed by atoms with van der Waals surface area (Å²) in [5, 5.41) is 3.04. The lowest BCUT2D eigenvalue weighted by Crippen LogP contribution is -2.42. The molecular formula is C16H16IN3OS. The highest BCUT2D eigenvalue weighted by atomic mass is 127. The third-order valence-electron chi connectivity index (χ3n) is 3.31. The molecule has 4 nitrogen and oxygen atoms in total. The average molecular weight is 425 g/mol. The molecule has 1 saturated heterocycles. The van der Waals surface area contributed by atoms with Gasteiger partial charge in [-0.2, -0.15) is 0 Å². The van der Waals surface area contributed by atoms with Crippen LogP contribution in [0.5, 0.6) is 0 Å². The summed E-state index contributed by atoms with van der Waals surface area (Å²) < 4.78 is 0.242. The Morgan fingerprint density at radius 3 is 2.59 bits per heavy atom. The number of carbonyl (C=O) groups is 1. The van der Waals surface area contributed by atoms with E-state index in [1.807, 2.05) is 42.5 Å². The number of hydrogen-bond donors (Lipinski definition) is 3. The molecule has 0 aliphatic carbocycles. The second kappa shape index (κ2) is 7.45. The number of carbonyl (C=O) groups excluding carboxylic acids is 1. The zero-order valence-electron chi connectivity index (χ0n) is 11.8. The summed E-state index contributed by atoms with van der Waals surface area (Å²) in [5.74, 6) is -0.00879. The summed E-state index contributed by atoms with van der Waals surface area (Å²) in [6.45, 7) is 0.791. The molecular weight excluding hydrogens is 409 g/mol. The molecule has 1 heterocycles. The number of hydrazine groups is 1. The summed E-state index contributed by atoms with van der Waals surface area (Å²) in [5.41, 5.74) is 6.88. The first-order valence-corrected chi connectivity index (χ1v) is 9.05. The van der Waals surface area contributed by atoms with Crippen LogP contribution in [0, 0.1) is 0 Å². The number of halogens is 1. The quantitative estimate of drug-likeness (QED) is 0.521. The Balaban J connectivity index is 1.75. The van der Waals surface area contributed by atoms with Gasteiger partial charge in [0.2, 0.25) is 5.91 Å². The van der Waals surface area contributed by atoms with Crippen molar-refractivity contribution in [1.29, 1.82) is 0 Å². The van der Waals surface area contributed by atoms with Crippen LogP contribution in [0.1, 0.15) is 0 Å². The maximum absolute atomic E-state index is 12.4. The van der Waals surface area contributed by atoms with Crippen molar-refractivity contribution in [3.63, 3.8) is 0 Å². The highest BCUT2D eigenvalue weighted by Gasteiger charge is 2.30. The number of amides is 1. The van der Waals surface area contributed by atoms with Crippen LogP contribution in [0.4, 0.5) is 5.69 Å². The van der Waals surface area contributed by atoms with Gasteiger partial charge in [0.15, 0.2) is 0 Å². The van der Waals surface area contributed by atoms with Gasteiger partial charge in [-0.1, -0.05) is 64.7 Å². The number of benzene rings is 2. The molecule has 114 valence electrons. The van der Waals surface area contributed by atoms with Gasteiger partial charge in [0.05, 0.1) is 9.61 Å². The predicted molar refractivity (Wildman–Crippen MR) is 98.4 cm³/mol. The predicted octanol–water partition coefficient (Wildman–Crippen LogP) is 3.06. The lowest BCUT2D eigenvalue weighted by Gasteiger charge is -2.15. The van der Waals surface area contributed by atoms with Crippen LogP contribution in [0.25, 0.3) is 0 Å². The van der Waals surface area contributed by atoms with E-state index in [0.717, 1.165) is 22.0 Å². The van der Waals surface area contributed by atoms with E-state index in [0.29, 0.717) is 0 Å². The monoisotopic (exact) mass is 425 g/mol. The van der Waals surface area contributed by atoms with Crippen LogP contribution in [0.15, 0.2) is 64.4 Å². The highest BCUT2D eigenvalue weighted by molar-refractivity contribution is 14.1. The maximum Gasteiger partial charge on any atom is 0.244 e. The fraction of sp³-hybridized carbons (Fsp3) is 0.188. The van der Waals surface area contributed by atoms with Gasteiger partial charge in [-0.15, -0.1) is 0 Å². The largest absolute Gasteiger partial charge is 0.324 e.